The zero-order chi connectivity index (χ0) is 19.3. The van der Waals surface area contributed by atoms with Gasteiger partial charge in [0.1, 0.15) is 0 Å². The van der Waals surface area contributed by atoms with E-state index in [1.165, 1.54) is 0 Å². The molecule has 1 aromatic heterocycles. The molecule has 1 aliphatic heterocycles. The van der Waals surface area contributed by atoms with Crippen molar-refractivity contribution in [3.05, 3.63) is 66.0 Å². The highest BCUT2D eigenvalue weighted by Crippen LogP contribution is 2.27. The van der Waals surface area contributed by atoms with Crippen LogP contribution in [0.25, 0.3) is 5.69 Å². The second-order valence-electron chi connectivity index (χ2n) is 6.76. The molecular formula is C20H22N6OS. The number of carbonyl (C=O) groups is 1. The molecule has 0 bridgehead atoms. The van der Waals surface area contributed by atoms with Crippen LogP contribution in [-0.4, -0.2) is 50.1 Å². The molecule has 3 aromatic rings. The van der Waals surface area contributed by atoms with Crippen LogP contribution < -0.4 is 5.73 Å². The fourth-order valence-corrected chi connectivity index (χ4v) is 4.20. The molecule has 7 nitrogen and oxygen atoms in total. The molecule has 0 unspecified atom stereocenters. The Morgan fingerprint density at radius 3 is 2.57 bits per heavy atom. The number of benzene rings is 2. The quantitative estimate of drug-likeness (QED) is 0.669. The minimum Gasteiger partial charge on any atom is -0.338 e. The van der Waals surface area contributed by atoms with Gasteiger partial charge in [0.05, 0.1) is 17.0 Å². The van der Waals surface area contributed by atoms with Gasteiger partial charge in [-0.3, -0.25) is 4.79 Å². The Bertz CT molecular complexity index is 937. The summed E-state index contributed by atoms with van der Waals surface area (Å²) < 4.78 is 1.73. The Morgan fingerprint density at radius 1 is 1.07 bits per heavy atom. The molecule has 0 atom stereocenters. The van der Waals surface area contributed by atoms with Crippen molar-refractivity contribution >= 4 is 17.7 Å². The summed E-state index contributed by atoms with van der Waals surface area (Å²) in [6.45, 7) is 1.43. The molecule has 8 heteroatoms. The van der Waals surface area contributed by atoms with Crippen LogP contribution in [0.3, 0.4) is 0 Å². The van der Waals surface area contributed by atoms with Gasteiger partial charge in [0.2, 0.25) is 0 Å². The predicted molar refractivity (Wildman–Crippen MR) is 108 cm³/mol. The fraction of sp³-hybridized carbons (Fsp3) is 0.300. The molecule has 1 amide bonds. The van der Waals surface area contributed by atoms with Crippen LogP contribution in [-0.2, 0) is 5.75 Å². The van der Waals surface area contributed by atoms with Crippen molar-refractivity contribution in [3.8, 4) is 5.69 Å². The highest BCUT2D eigenvalue weighted by Gasteiger charge is 2.23. The maximum absolute atomic E-state index is 13.0. The molecule has 0 aliphatic carbocycles. The Labute approximate surface area is 167 Å². The summed E-state index contributed by atoms with van der Waals surface area (Å²) in [4.78, 5) is 15.8. The van der Waals surface area contributed by atoms with Crippen molar-refractivity contribution in [1.29, 1.82) is 0 Å². The number of para-hydroxylation sites is 1. The molecule has 144 valence electrons. The standard InChI is InChI=1S/C20H22N6OS/c21-15-10-12-25(13-11-15)20(27)17-8-4-5-9-18(17)28-14-19-22-23-24-26(19)16-6-2-1-3-7-16/h1-9,15H,10-14,21H2. The van der Waals surface area contributed by atoms with Gasteiger partial charge in [0, 0.05) is 24.0 Å². The van der Waals surface area contributed by atoms with Crippen LogP contribution >= 0.6 is 11.8 Å². The first-order valence-electron chi connectivity index (χ1n) is 9.32. The van der Waals surface area contributed by atoms with Gasteiger partial charge in [0.25, 0.3) is 5.91 Å². The van der Waals surface area contributed by atoms with E-state index in [2.05, 4.69) is 15.5 Å². The van der Waals surface area contributed by atoms with Crippen molar-refractivity contribution in [1.82, 2.24) is 25.1 Å². The van der Waals surface area contributed by atoms with Gasteiger partial charge in [-0.2, -0.15) is 4.68 Å². The van der Waals surface area contributed by atoms with E-state index in [-0.39, 0.29) is 11.9 Å². The maximum Gasteiger partial charge on any atom is 0.254 e. The summed E-state index contributed by atoms with van der Waals surface area (Å²) in [7, 11) is 0. The van der Waals surface area contributed by atoms with Crippen LogP contribution in [0.5, 0.6) is 0 Å². The van der Waals surface area contributed by atoms with E-state index < -0.39 is 0 Å². The molecule has 1 aliphatic rings. The van der Waals surface area contributed by atoms with Crippen molar-refractivity contribution in [3.63, 3.8) is 0 Å². The number of tetrazole rings is 1. The number of hydrogen-bond donors (Lipinski definition) is 1. The van der Waals surface area contributed by atoms with E-state index in [9.17, 15) is 4.79 Å². The fourth-order valence-electron chi connectivity index (χ4n) is 3.25. The molecule has 1 fully saturated rings. The Kier molecular flexibility index (Phi) is 5.68. The molecule has 4 rings (SSSR count). The van der Waals surface area contributed by atoms with Gasteiger partial charge in [-0.25, -0.2) is 0 Å². The van der Waals surface area contributed by atoms with Crippen molar-refractivity contribution < 1.29 is 4.79 Å². The van der Waals surface area contributed by atoms with E-state index >= 15 is 0 Å². The molecule has 2 heterocycles. The lowest BCUT2D eigenvalue weighted by Crippen LogP contribution is -2.43. The first-order valence-corrected chi connectivity index (χ1v) is 10.3. The summed E-state index contributed by atoms with van der Waals surface area (Å²) >= 11 is 1.57. The number of aromatic nitrogens is 4. The molecule has 2 aromatic carbocycles. The second-order valence-corrected chi connectivity index (χ2v) is 7.77. The van der Waals surface area contributed by atoms with Crippen LogP contribution in [0, 0.1) is 0 Å². The van der Waals surface area contributed by atoms with Crippen LogP contribution in [0.2, 0.25) is 0 Å². The maximum atomic E-state index is 13.0. The van der Waals surface area contributed by atoms with E-state index in [0.29, 0.717) is 18.8 Å². The lowest BCUT2D eigenvalue weighted by Gasteiger charge is -2.30. The molecule has 0 saturated carbocycles. The van der Waals surface area contributed by atoms with Gasteiger partial charge in [-0.05, 0) is 47.5 Å². The van der Waals surface area contributed by atoms with Gasteiger partial charge in [-0.1, -0.05) is 30.3 Å². The summed E-state index contributed by atoms with van der Waals surface area (Å²) in [6.07, 6.45) is 1.71. The lowest BCUT2D eigenvalue weighted by molar-refractivity contribution is 0.0711. The van der Waals surface area contributed by atoms with E-state index in [1.54, 1.807) is 16.4 Å². The first kappa shape index (κ1) is 18.6. The highest BCUT2D eigenvalue weighted by molar-refractivity contribution is 7.98. The number of hydrogen-bond acceptors (Lipinski definition) is 6. The zero-order valence-electron chi connectivity index (χ0n) is 15.4. The van der Waals surface area contributed by atoms with Crippen molar-refractivity contribution in [2.75, 3.05) is 13.1 Å². The topological polar surface area (TPSA) is 89.9 Å². The smallest absolute Gasteiger partial charge is 0.254 e. The minimum absolute atomic E-state index is 0.0673. The van der Waals surface area contributed by atoms with Crippen LogP contribution in [0.4, 0.5) is 0 Å². The highest BCUT2D eigenvalue weighted by atomic mass is 32.2. The van der Waals surface area contributed by atoms with Crippen molar-refractivity contribution in [2.45, 2.75) is 29.5 Å². The third-order valence-corrected chi connectivity index (χ3v) is 5.91. The minimum atomic E-state index is 0.0673. The summed E-state index contributed by atoms with van der Waals surface area (Å²) in [6, 6.07) is 17.7. The number of rotatable bonds is 5. The second kappa shape index (κ2) is 8.53. The Hall–Kier alpha value is -2.71. The molecule has 2 N–H and O–H groups in total. The first-order chi connectivity index (χ1) is 13.7. The van der Waals surface area contributed by atoms with E-state index in [1.807, 2.05) is 59.5 Å². The summed E-state index contributed by atoms with van der Waals surface area (Å²) in [5.41, 5.74) is 7.60. The number of nitrogens with zero attached hydrogens (tertiary/aromatic N) is 5. The normalized spacial score (nSPS) is 15.0. The number of piperidine rings is 1. The van der Waals surface area contributed by atoms with Gasteiger partial charge in [0.15, 0.2) is 5.82 Å². The van der Waals surface area contributed by atoms with Crippen LogP contribution in [0.1, 0.15) is 29.0 Å². The van der Waals surface area contributed by atoms with Crippen LogP contribution in [0.15, 0.2) is 59.5 Å². The van der Waals surface area contributed by atoms with E-state index in [4.69, 9.17) is 5.73 Å². The van der Waals surface area contributed by atoms with Crippen molar-refractivity contribution in [2.24, 2.45) is 5.73 Å². The largest absolute Gasteiger partial charge is 0.338 e. The lowest BCUT2D eigenvalue weighted by atomic mass is 10.0. The van der Waals surface area contributed by atoms with Gasteiger partial charge < -0.3 is 10.6 Å². The Morgan fingerprint density at radius 2 is 1.79 bits per heavy atom. The number of nitrogens with two attached hydrogens (primary N) is 1. The number of amides is 1. The van der Waals surface area contributed by atoms with Gasteiger partial charge >= 0.3 is 0 Å². The molecule has 0 radical (unpaired) electrons. The number of likely N-dealkylation sites (tertiary alicyclic amines) is 1. The number of carbonyl (C=O) groups excluding carboxylic acids is 1. The van der Waals surface area contributed by atoms with E-state index in [0.717, 1.165) is 34.8 Å². The molecule has 1 saturated heterocycles. The van der Waals surface area contributed by atoms with Gasteiger partial charge in [-0.15, -0.1) is 16.9 Å². The number of thioether (sulfide) groups is 1. The summed E-state index contributed by atoms with van der Waals surface area (Å²) in [5, 5.41) is 12.1. The molecule has 0 spiro atoms. The average Bonchev–Trinajstić information content (AvgIpc) is 3.22. The third kappa shape index (κ3) is 4.07. The molecule has 28 heavy (non-hydrogen) atoms. The summed E-state index contributed by atoms with van der Waals surface area (Å²) in [5.74, 6) is 1.37. The monoisotopic (exact) mass is 394 g/mol. The average molecular weight is 395 g/mol. The zero-order valence-corrected chi connectivity index (χ0v) is 16.3. The SMILES string of the molecule is NC1CCN(C(=O)c2ccccc2SCc2nnnn2-c2ccccc2)CC1. The Balaban J connectivity index is 1.50. The third-order valence-electron chi connectivity index (χ3n) is 4.84. The molecular weight excluding hydrogens is 372 g/mol. The predicted octanol–water partition coefficient (Wildman–Crippen LogP) is 2.52.